The number of esters is 1. The molecule has 0 aliphatic rings. The van der Waals surface area contributed by atoms with Gasteiger partial charge in [-0.05, 0) is 26.3 Å². The van der Waals surface area contributed by atoms with Crippen LogP contribution in [0.25, 0.3) is 0 Å². The molecule has 0 heterocycles. The van der Waals surface area contributed by atoms with Gasteiger partial charge in [-0.25, -0.2) is 0 Å². The summed E-state index contributed by atoms with van der Waals surface area (Å²) in [7, 11) is 0. The number of ether oxygens (including phenoxy) is 1. The van der Waals surface area contributed by atoms with Crippen molar-refractivity contribution in [2.75, 3.05) is 13.2 Å². The SMILES string of the molecule is CCOC(=O)CCCCNC(O)C(Cl)(Cl)Cl. The smallest absolute Gasteiger partial charge is 0.305 e. The van der Waals surface area contributed by atoms with E-state index in [1.54, 1.807) is 6.92 Å². The Morgan fingerprint density at radius 3 is 2.56 bits per heavy atom. The lowest BCUT2D eigenvalue weighted by Gasteiger charge is -2.19. The predicted octanol–water partition coefficient (Wildman–Crippen LogP) is 2.00. The zero-order valence-electron chi connectivity index (χ0n) is 9.01. The number of alkyl halides is 3. The van der Waals surface area contributed by atoms with Gasteiger partial charge in [-0.1, -0.05) is 34.8 Å². The van der Waals surface area contributed by atoms with E-state index in [4.69, 9.17) is 39.5 Å². The highest BCUT2D eigenvalue weighted by Gasteiger charge is 2.29. The van der Waals surface area contributed by atoms with E-state index in [0.29, 0.717) is 32.4 Å². The Kier molecular flexibility index (Phi) is 8.50. The summed E-state index contributed by atoms with van der Waals surface area (Å²) in [5.41, 5.74) is 0. The molecule has 1 unspecified atom stereocenters. The highest BCUT2D eigenvalue weighted by Crippen LogP contribution is 2.28. The highest BCUT2D eigenvalue weighted by molar-refractivity contribution is 6.68. The van der Waals surface area contributed by atoms with Crippen LogP contribution in [0, 0.1) is 0 Å². The van der Waals surface area contributed by atoms with Crippen LogP contribution in [0.2, 0.25) is 0 Å². The molecule has 4 nitrogen and oxygen atoms in total. The summed E-state index contributed by atoms with van der Waals surface area (Å²) in [5, 5.41) is 11.9. The molecule has 0 aliphatic heterocycles. The van der Waals surface area contributed by atoms with Crippen LogP contribution in [0.5, 0.6) is 0 Å². The van der Waals surface area contributed by atoms with Crippen LogP contribution in [0.3, 0.4) is 0 Å². The van der Waals surface area contributed by atoms with Gasteiger partial charge in [0.1, 0.15) is 0 Å². The Morgan fingerprint density at radius 2 is 2.06 bits per heavy atom. The van der Waals surface area contributed by atoms with Gasteiger partial charge in [0.15, 0.2) is 6.23 Å². The molecule has 0 fully saturated rings. The van der Waals surface area contributed by atoms with Crippen molar-refractivity contribution >= 4 is 40.8 Å². The molecule has 0 rings (SSSR count). The van der Waals surface area contributed by atoms with Crippen LogP contribution < -0.4 is 5.32 Å². The third-order valence-corrected chi connectivity index (χ3v) is 2.38. The molecule has 0 aliphatic carbocycles. The maximum atomic E-state index is 10.9. The van der Waals surface area contributed by atoms with Gasteiger partial charge in [-0.3, -0.25) is 10.1 Å². The molecule has 0 bridgehead atoms. The van der Waals surface area contributed by atoms with E-state index in [1.807, 2.05) is 0 Å². The lowest BCUT2D eigenvalue weighted by molar-refractivity contribution is -0.143. The van der Waals surface area contributed by atoms with Crippen molar-refractivity contribution in [3.8, 4) is 0 Å². The number of aliphatic hydroxyl groups is 1. The van der Waals surface area contributed by atoms with E-state index in [-0.39, 0.29) is 5.97 Å². The normalized spacial score (nSPS) is 13.6. The van der Waals surface area contributed by atoms with Crippen LogP contribution >= 0.6 is 34.8 Å². The van der Waals surface area contributed by atoms with Crippen LogP contribution in [0.1, 0.15) is 26.2 Å². The summed E-state index contributed by atoms with van der Waals surface area (Å²) in [4.78, 5) is 10.9. The Morgan fingerprint density at radius 1 is 1.44 bits per heavy atom. The minimum absolute atomic E-state index is 0.218. The van der Waals surface area contributed by atoms with Crippen molar-refractivity contribution in [2.45, 2.75) is 36.2 Å². The lowest BCUT2D eigenvalue weighted by atomic mass is 10.2. The summed E-state index contributed by atoms with van der Waals surface area (Å²) in [6.07, 6.45) is 0.508. The second-order valence-electron chi connectivity index (χ2n) is 3.16. The van der Waals surface area contributed by atoms with Crippen LogP contribution in [-0.2, 0) is 9.53 Å². The third-order valence-electron chi connectivity index (χ3n) is 1.76. The van der Waals surface area contributed by atoms with Crippen molar-refractivity contribution in [1.82, 2.24) is 5.32 Å². The van der Waals surface area contributed by atoms with Crippen molar-refractivity contribution in [3.63, 3.8) is 0 Å². The molecule has 0 radical (unpaired) electrons. The average Bonchev–Trinajstić information content (AvgIpc) is 2.16. The fourth-order valence-corrected chi connectivity index (χ4v) is 1.21. The molecular formula is C9H16Cl3NO3. The summed E-state index contributed by atoms with van der Waals surface area (Å²) in [6.45, 7) is 2.62. The topological polar surface area (TPSA) is 58.6 Å². The van der Waals surface area contributed by atoms with Crippen LogP contribution in [0.4, 0.5) is 0 Å². The first-order valence-electron chi connectivity index (χ1n) is 5.01. The molecule has 0 amide bonds. The van der Waals surface area contributed by atoms with Crippen molar-refractivity contribution in [3.05, 3.63) is 0 Å². The number of rotatable bonds is 7. The van der Waals surface area contributed by atoms with Gasteiger partial charge in [0.05, 0.1) is 6.61 Å². The molecule has 16 heavy (non-hydrogen) atoms. The minimum atomic E-state index is -1.73. The van der Waals surface area contributed by atoms with E-state index in [9.17, 15) is 9.90 Å². The zero-order valence-corrected chi connectivity index (χ0v) is 11.3. The van der Waals surface area contributed by atoms with Crippen molar-refractivity contribution in [1.29, 1.82) is 0 Å². The Balaban J connectivity index is 3.44. The molecule has 0 aromatic heterocycles. The molecule has 0 spiro atoms. The molecule has 96 valence electrons. The quantitative estimate of drug-likeness (QED) is 0.326. The Labute approximate surface area is 110 Å². The lowest BCUT2D eigenvalue weighted by Crippen LogP contribution is -2.40. The minimum Gasteiger partial charge on any atom is -0.466 e. The maximum Gasteiger partial charge on any atom is 0.305 e. The van der Waals surface area contributed by atoms with Gasteiger partial charge >= 0.3 is 5.97 Å². The zero-order chi connectivity index (χ0) is 12.6. The van der Waals surface area contributed by atoms with E-state index < -0.39 is 10.0 Å². The summed E-state index contributed by atoms with van der Waals surface area (Å²) < 4.78 is 3.02. The Bertz CT molecular complexity index is 209. The second-order valence-corrected chi connectivity index (χ2v) is 5.53. The fourth-order valence-electron chi connectivity index (χ4n) is 0.982. The van der Waals surface area contributed by atoms with E-state index in [2.05, 4.69) is 5.32 Å². The fraction of sp³-hybridized carbons (Fsp3) is 0.889. The summed E-state index contributed by atoms with van der Waals surface area (Å²) in [5.74, 6) is -0.218. The number of carbonyl (C=O) groups excluding carboxylic acids is 1. The first-order chi connectivity index (χ1) is 7.38. The first-order valence-corrected chi connectivity index (χ1v) is 6.15. The number of hydrogen-bond donors (Lipinski definition) is 2. The molecule has 0 aromatic rings. The van der Waals surface area contributed by atoms with Gasteiger partial charge in [-0.15, -0.1) is 0 Å². The number of nitrogens with one attached hydrogen (secondary N) is 1. The Hall–Kier alpha value is 0.260. The van der Waals surface area contributed by atoms with E-state index in [1.165, 1.54) is 0 Å². The second kappa shape index (κ2) is 8.37. The van der Waals surface area contributed by atoms with Gasteiger partial charge in [-0.2, -0.15) is 0 Å². The van der Waals surface area contributed by atoms with E-state index >= 15 is 0 Å². The van der Waals surface area contributed by atoms with E-state index in [0.717, 1.165) is 0 Å². The number of carbonyl (C=O) groups is 1. The molecular weight excluding hydrogens is 276 g/mol. The molecule has 7 heteroatoms. The largest absolute Gasteiger partial charge is 0.466 e. The van der Waals surface area contributed by atoms with Crippen molar-refractivity contribution < 1.29 is 14.6 Å². The molecule has 0 aromatic carbocycles. The monoisotopic (exact) mass is 291 g/mol. The highest BCUT2D eigenvalue weighted by atomic mass is 35.6. The molecule has 0 saturated heterocycles. The molecule has 0 saturated carbocycles. The van der Waals surface area contributed by atoms with Crippen molar-refractivity contribution in [2.24, 2.45) is 0 Å². The van der Waals surface area contributed by atoms with Gasteiger partial charge < -0.3 is 9.84 Å². The number of aliphatic hydroxyl groups excluding tert-OH is 1. The summed E-state index contributed by atoms with van der Waals surface area (Å²) in [6, 6.07) is 0. The first kappa shape index (κ1) is 16.3. The van der Waals surface area contributed by atoms with Gasteiger partial charge in [0.2, 0.25) is 3.79 Å². The average molecular weight is 293 g/mol. The maximum absolute atomic E-state index is 10.9. The van der Waals surface area contributed by atoms with Gasteiger partial charge in [0.25, 0.3) is 0 Å². The standard InChI is InChI=1S/C9H16Cl3NO3/c1-2-16-7(14)5-3-4-6-13-8(15)9(10,11)12/h8,13,15H,2-6H2,1H3. The van der Waals surface area contributed by atoms with Gasteiger partial charge in [0, 0.05) is 6.42 Å². The number of unbranched alkanes of at least 4 members (excludes halogenated alkanes) is 1. The number of hydrogen-bond acceptors (Lipinski definition) is 4. The molecule has 2 N–H and O–H groups in total. The van der Waals surface area contributed by atoms with Crippen LogP contribution in [-0.4, -0.2) is 34.2 Å². The van der Waals surface area contributed by atoms with Crippen LogP contribution in [0.15, 0.2) is 0 Å². The summed E-state index contributed by atoms with van der Waals surface area (Å²) >= 11 is 16.3. The predicted molar refractivity (Wildman–Crippen MR) is 64.8 cm³/mol. The third kappa shape index (κ3) is 8.42. The molecule has 1 atom stereocenters. The number of halogens is 3.